The van der Waals surface area contributed by atoms with Crippen LogP contribution in [0, 0.1) is 0 Å². The summed E-state index contributed by atoms with van der Waals surface area (Å²) in [5.41, 5.74) is 3.21. The molecule has 0 saturated heterocycles. The van der Waals surface area contributed by atoms with Gasteiger partial charge in [-0.3, -0.25) is 4.79 Å². The van der Waals surface area contributed by atoms with E-state index in [9.17, 15) is 9.59 Å². The van der Waals surface area contributed by atoms with Crippen LogP contribution in [0.5, 0.6) is 0 Å². The van der Waals surface area contributed by atoms with Gasteiger partial charge in [0.2, 0.25) is 0 Å². The number of carbonyl (C=O) groups is 2. The number of fused-ring (bicyclic) bond motifs is 1. The number of alkyl carbamates (subject to hydrolysis) is 1. The highest BCUT2D eigenvalue weighted by Gasteiger charge is 2.23. The van der Waals surface area contributed by atoms with Crippen LogP contribution < -0.4 is 5.32 Å². The summed E-state index contributed by atoms with van der Waals surface area (Å²) in [6, 6.07) is 6.46. The second-order valence-corrected chi connectivity index (χ2v) is 7.49. The molecule has 1 amide bonds. The van der Waals surface area contributed by atoms with Gasteiger partial charge in [-0.2, -0.15) is 0 Å². The monoisotopic (exact) mass is 347 g/mol. The summed E-state index contributed by atoms with van der Waals surface area (Å²) < 4.78 is 10.3. The molecule has 1 N–H and O–H groups in total. The lowest BCUT2D eigenvalue weighted by Crippen LogP contribution is -2.41. The maximum atomic E-state index is 12.0. The molecule has 0 fully saturated rings. The van der Waals surface area contributed by atoms with E-state index in [0.29, 0.717) is 19.4 Å². The zero-order valence-electron chi connectivity index (χ0n) is 15.7. The molecule has 0 aliphatic heterocycles. The molecular formula is C20H29NO4. The molecule has 0 radical (unpaired) electrons. The van der Waals surface area contributed by atoms with Crippen molar-refractivity contribution in [3.05, 3.63) is 34.9 Å². The molecule has 25 heavy (non-hydrogen) atoms. The molecule has 0 bridgehead atoms. The highest BCUT2D eigenvalue weighted by molar-refractivity contribution is 5.69. The predicted octanol–water partition coefficient (Wildman–Crippen LogP) is 3.56. The Bertz CT molecular complexity index is 619. The maximum absolute atomic E-state index is 12.0. The number of nitrogens with one attached hydrogen (secondary N) is 1. The van der Waals surface area contributed by atoms with E-state index in [1.165, 1.54) is 11.1 Å². The van der Waals surface area contributed by atoms with E-state index >= 15 is 0 Å². The summed E-state index contributed by atoms with van der Waals surface area (Å²) in [6.07, 6.45) is 3.35. The predicted molar refractivity (Wildman–Crippen MR) is 96.6 cm³/mol. The normalized spacial score (nSPS) is 16.7. The Morgan fingerprint density at radius 3 is 2.68 bits per heavy atom. The van der Waals surface area contributed by atoms with E-state index in [-0.39, 0.29) is 18.1 Å². The lowest BCUT2D eigenvalue weighted by Gasteiger charge is -2.27. The fourth-order valence-electron chi connectivity index (χ4n) is 3.04. The Morgan fingerprint density at radius 2 is 2.00 bits per heavy atom. The molecule has 2 rings (SSSR count). The van der Waals surface area contributed by atoms with Crippen LogP contribution in [0.2, 0.25) is 0 Å². The quantitative estimate of drug-likeness (QED) is 0.827. The highest BCUT2D eigenvalue weighted by Crippen LogP contribution is 2.23. The fourth-order valence-corrected chi connectivity index (χ4v) is 3.04. The first kappa shape index (κ1) is 19.3. The summed E-state index contributed by atoms with van der Waals surface area (Å²) in [7, 11) is 0. The minimum atomic E-state index is -0.489. The second kappa shape index (κ2) is 8.37. The van der Waals surface area contributed by atoms with E-state index in [2.05, 4.69) is 23.5 Å². The van der Waals surface area contributed by atoms with Crippen LogP contribution in [0.15, 0.2) is 18.2 Å². The first-order chi connectivity index (χ1) is 11.8. The van der Waals surface area contributed by atoms with E-state index in [0.717, 1.165) is 24.8 Å². The average molecular weight is 347 g/mol. The third-order valence-electron chi connectivity index (χ3n) is 4.14. The lowest BCUT2D eigenvalue weighted by atomic mass is 9.86. The Hall–Kier alpha value is -2.04. The van der Waals surface area contributed by atoms with E-state index in [1.807, 2.05) is 27.7 Å². The van der Waals surface area contributed by atoms with Gasteiger partial charge in [0.25, 0.3) is 0 Å². The number of ether oxygens (including phenoxy) is 2. The molecule has 1 aromatic rings. The molecule has 0 heterocycles. The first-order valence-corrected chi connectivity index (χ1v) is 9.02. The molecule has 1 aliphatic carbocycles. The van der Waals surface area contributed by atoms with Gasteiger partial charge in [0, 0.05) is 12.5 Å². The zero-order valence-corrected chi connectivity index (χ0v) is 15.7. The lowest BCUT2D eigenvalue weighted by molar-refractivity contribution is -0.143. The molecule has 0 aromatic heterocycles. The van der Waals surface area contributed by atoms with Crippen molar-refractivity contribution in [3.63, 3.8) is 0 Å². The number of esters is 1. The van der Waals surface area contributed by atoms with Crippen LogP contribution in [0.3, 0.4) is 0 Å². The van der Waals surface area contributed by atoms with Gasteiger partial charge < -0.3 is 14.8 Å². The third-order valence-corrected chi connectivity index (χ3v) is 4.14. The molecule has 138 valence electrons. The molecule has 0 saturated carbocycles. The molecule has 5 heteroatoms. The van der Waals surface area contributed by atoms with Crippen LogP contribution in [0.1, 0.15) is 57.2 Å². The summed E-state index contributed by atoms with van der Waals surface area (Å²) in [5, 5.41) is 2.97. The molecule has 1 aliphatic rings. The molecular weight excluding hydrogens is 318 g/mol. The largest absolute Gasteiger partial charge is 0.466 e. The van der Waals surface area contributed by atoms with Gasteiger partial charge in [-0.15, -0.1) is 0 Å². The Labute approximate surface area is 150 Å². The smallest absolute Gasteiger partial charge is 0.407 e. The van der Waals surface area contributed by atoms with Crippen molar-refractivity contribution in [2.24, 2.45) is 0 Å². The first-order valence-electron chi connectivity index (χ1n) is 9.02. The van der Waals surface area contributed by atoms with Crippen LogP contribution in [-0.2, 0) is 33.5 Å². The minimum Gasteiger partial charge on any atom is -0.466 e. The van der Waals surface area contributed by atoms with Gasteiger partial charge in [-0.25, -0.2) is 4.79 Å². The second-order valence-electron chi connectivity index (χ2n) is 7.49. The van der Waals surface area contributed by atoms with E-state index in [1.54, 1.807) is 0 Å². The van der Waals surface area contributed by atoms with Crippen molar-refractivity contribution in [1.82, 2.24) is 5.32 Å². The van der Waals surface area contributed by atoms with Crippen molar-refractivity contribution < 1.29 is 19.1 Å². The van der Waals surface area contributed by atoms with Crippen LogP contribution in [-0.4, -0.2) is 30.3 Å². The minimum absolute atomic E-state index is 0.0858. The average Bonchev–Trinajstić information content (AvgIpc) is 2.51. The van der Waals surface area contributed by atoms with Crippen molar-refractivity contribution in [3.8, 4) is 0 Å². The van der Waals surface area contributed by atoms with E-state index < -0.39 is 5.60 Å². The number of aryl methyl sites for hydroxylation is 2. The standard InChI is InChI=1S/C20H29NO4/c1-5-24-18(22)11-7-14-6-8-15-9-10-17(13-16(15)12-14)21-19(23)25-20(2,3)4/h6,8,12,17H,5,7,9-11,13H2,1-4H3,(H,21,23)/t17-/m0/s1. The number of hydrogen-bond acceptors (Lipinski definition) is 4. The van der Waals surface area contributed by atoms with Gasteiger partial charge in [0.1, 0.15) is 5.60 Å². The molecule has 0 unspecified atom stereocenters. The molecule has 0 spiro atoms. The van der Waals surface area contributed by atoms with Crippen LogP contribution in [0.4, 0.5) is 4.79 Å². The SMILES string of the molecule is CCOC(=O)CCc1ccc2c(c1)C[C@@H](NC(=O)OC(C)(C)C)CC2. The van der Waals surface area contributed by atoms with Crippen molar-refractivity contribution in [2.75, 3.05) is 6.61 Å². The van der Waals surface area contributed by atoms with Crippen LogP contribution >= 0.6 is 0 Å². The highest BCUT2D eigenvalue weighted by atomic mass is 16.6. The van der Waals surface area contributed by atoms with Gasteiger partial charge in [0.05, 0.1) is 6.61 Å². The van der Waals surface area contributed by atoms with Crippen molar-refractivity contribution in [2.45, 2.75) is 71.4 Å². The van der Waals surface area contributed by atoms with E-state index in [4.69, 9.17) is 9.47 Å². The summed E-state index contributed by atoms with van der Waals surface area (Å²) in [4.78, 5) is 23.5. The van der Waals surface area contributed by atoms with Gasteiger partial charge in [0.15, 0.2) is 0 Å². The number of carbonyl (C=O) groups excluding carboxylic acids is 2. The maximum Gasteiger partial charge on any atom is 0.407 e. The van der Waals surface area contributed by atoms with Crippen molar-refractivity contribution in [1.29, 1.82) is 0 Å². The molecule has 5 nitrogen and oxygen atoms in total. The zero-order chi connectivity index (χ0) is 18.4. The van der Waals surface area contributed by atoms with Gasteiger partial charge >= 0.3 is 12.1 Å². The summed E-state index contributed by atoms with van der Waals surface area (Å²) in [5.74, 6) is -0.162. The van der Waals surface area contributed by atoms with Gasteiger partial charge in [-0.1, -0.05) is 18.2 Å². The fraction of sp³-hybridized carbons (Fsp3) is 0.600. The Balaban J connectivity index is 1.93. The number of benzene rings is 1. The summed E-state index contributed by atoms with van der Waals surface area (Å²) >= 11 is 0. The third kappa shape index (κ3) is 6.40. The molecule has 1 aromatic carbocycles. The number of hydrogen-bond donors (Lipinski definition) is 1. The van der Waals surface area contributed by atoms with Gasteiger partial charge in [-0.05, 0) is 70.1 Å². The Kier molecular flexibility index (Phi) is 6.45. The number of amides is 1. The number of rotatable bonds is 5. The molecule has 1 atom stereocenters. The Morgan fingerprint density at radius 1 is 1.24 bits per heavy atom. The summed E-state index contributed by atoms with van der Waals surface area (Å²) in [6.45, 7) is 7.81. The van der Waals surface area contributed by atoms with Crippen molar-refractivity contribution >= 4 is 12.1 Å². The van der Waals surface area contributed by atoms with Crippen LogP contribution in [0.25, 0.3) is 0 Å². The topological polar surface area (TPSA) is 64.6 Å².